The predicted molar refractivity (Wildman–Crippen MR) is 320 cm³/mol. The van der Waals surface area contributed by atoms with Crippen LogP contribution in [0, 0.1) is 0 Å². The summed E-state index contributed by atoms with van der Waals surface area (Å²) in [5.74, 6) is -0.0170. The Kier molecular flexibility index (Phi) is 61.9. The van der Waals surface area contributed by atoms with E-state index in [0.717, 1.165) is 44.9 Å². The zero-order valence-corrected chi connectivity index (χ0v) is 49.6. The highest BCUT2D eigenvalue weighted by Crippen LogP contribution is 2.19. The molecule has 434 valence electrons. The first-order chi connectivity index (χ1) is 36.0. The van der Waals surface area contributed by atoms with Gasteiger partial charge in [-0.1, -0.05) is 328 Å². The molecule has 2 atom stereocenters. The quantitative estimate of drug-likeness (QED) is 0.0320. The molecule has 0 saturated heterocycles. The maximum atomic E-state index is 12.4. The average molecular weight is 1030 g/mol. The van der Waals surface area contributed by atoms with Crippen LogP contribution < -0.4 is 5.32 Å². The average Bonchev–Trinajstić information content (AvgIpc) is 3.39. The molecular formula is C67H131NO5. The molecule has 0 aliphatic heterocycles. The Balaban J connectivity index is 3.28. The van der Waals surface area contributed by atoms with Gasteiger partial charge in [-0.2, -0.15) is 0 Å². The number of ether oxygens (including phenoxy) is 1. The molecule has 0 radical (unpaired) electrons. The minimum Gasteiger partial charge on any atom is -0.466 e. The van der Waals surface area contributed by atoms with Crippen LogP contribution in [0.25, 0.3) is 0 Å². The van der Waals surface area contributed by atoms with Crippen LogP contribution in [0.15, 0.2) is 12.2 Å². The van der Waals surface area contributed by atoms with Gasteiger partial charge < -0.3 is 20.3 Å². The molecule has 0 aromatic rings. The van der Waals surface area contributed by atoms with Crippen molar-refractivity contribution in [1.29, 1.82) is 0 Å². The molecule has 0 spiro atoms. The molecule has 0 aromatic carbocycles. The summed E-state index contributed by atoms with van der Waals surface area (Å²) in [6.07, 6.45) is 77.0. The normalized spacial score (nSPS) is 12.5. The molecule has 2 unspecified atom stereocenters. The van der Waals surface area contributed by atoms with E-state index in [1.54, 1.807) is 0 Å². The van der Waals surface area contributed by atoms with Crippen LogP contribution in [-0.4, -0.2) is 47.4 Å². The van der Waals surface area contributed by atoms with Crippen molar-refractivity contribution >= 4 is 11.9 Å². The highest BCUT2D eigenvalue weighted by molar-refractivity contribution is 5.76. The second-order valence-electron chi connectivity index (χ2n) is 23.2. The summed E-state index contributed by atoms with van der Waals surface area (Å²) in [4.78, 5) is 24.5. The number of carbonyl (C=O) groups excluding carboxylic acids is 2. The third-order valence-electron chi connectivity index (χ3n) is 15.8. The number of amides is 1. The summed E-state index contributed by atoms with van der Waals surface area (Å²) >= 11 is 0. The summed E-state index contributed by atoms with van der Waals surface area (Å²) < 4.78 is 5.48. The molecular weight excluding hydrogens is 899 g/mol. The van der Waals surface area contributed by atoms with Crippen molar-refractivity contribution in [2.24, 2.45) is 0 Å². The van der Waals surface area contributed by atoms with Gasteiger partial charge in [-0.25, -0.2) is 0 Å². The number of nitrogens with one attached hydrogen (secondary N) is 1. The van der Waals surface area contributed by atoms with E-state index in [-0.39, 0.29) is 18.5 Å². The molecule has 6 nitrogen and oxygen atoms in total. The zero-order chi connectivity index (χ0) is 52.9. The van der Waals surface area contributed by atoms with Gasteiger partial charge >= 0.3 is 5.97 Å². The third-order valence-corrected chi connectivity index (χ3v) is 15.8. The topological polar surface area (TPSA) is 95.9 Å². The fraction of sp³-hybridized carbons (Fsp3) is 0.940. The van der Waals surface area contributed by atoms with Gasteiger partial charge in [0.25, 0.3) is 0 Å². The maximum Gasteiger partial charge on any atom is 0.305 e. The van der Waals surface area contributed by atoms with E-state index < -0.39 is 12.1 Å². The number of allylic oxidation sites excluding steroid dienone is 2. The van der Waals surface area contributed by atoms with Gasteiger partial charge in [0.1, 0.15) is 0 Å². The van der Waals surface area contributed by atoms with E-state index in [0.29, 0.717) is 25.9 Å². The number of esters is 1. The van der Waals surface area contributed by atoms with E-state index in [9.17, 15) is 19.8 Å². The van der Waals surface area contributed by atoms with Gasteiger partial charge in [0.05, 0.1) is 25.4 Å². The van der Waals surface area contributed by atoms with E-state index in [1.165, 1.54) is 302 Å². The molecule has 0 saturated carbocycles. The lowest BCUT2D eigenvalue weighted by molar-refractivity contribution is -0.143. The lowest BCUT2D eigenvalue weighted by Crippen LogP contribution is -2.45. The summed E-state index contributed by atoms with van der Waals surface area (Å²) in [6, 6.07) is -0.535. The van der Waals surface area contributed by atoms with Gasteiger partial charge in [0, 0.05) is 12.8 Å². The van der Waals surface area contributed by atoms with Gasteiger partial charge in [-0.3, -0.25) is 9.59 Å². The van der Waals surface area contributed by atoms with Crippen molar-refractivity contribution in [3.63, 3.8) is 0 Å². The number of aliphatic hydroxyl groups is 2. The minimum atomic E-state index is -0.658. The number of rotatable bonds is 63. The Morgan fingerprint density at radius 3 is 0.986 bits per heavy atom. The molecule has 0 aromatic heterocycles. The molecule has 0 aliphatic carbocycles. The molecule has 0 aliphatic rings. The summed E-state index contributed by atoms with van der Waals surface area (Å²) in [7, 11) is 0. The molecule has 0 rings (SSSR count). The Morgan fingerprint density at radius 1 is 0.370 bits per heavy atom. The van der Waals surface area contributed by atoms with Crippen LogP contribution in [-0.2, 0) is 14.3 Å². The molecule has 1 amide bonds. The molecule has 0 fully saturated rings. The number of carbonyl (C=O) groups is 2. The fourth-order valence-corrected chi connectivity index (χ4v) is 10.7. The van der Waals surface area contributed by atoms with Crippen molar-refractivity contribution < 1.29 is 24.5 Å². The van der Waals surface area contributed by atoms with E-state index in [1.807, 2.05) is 0 Å². The van der Waals surface area contributed by atoms with Crippen molar-refractivity contribution in [1.82, 2.24) is 5.32 Å². The minimum absolute atomic E-state index is 0.0129. The lowest BCUT2D eigenvalue weighted by atomic mass is 10.0. The zero-order valence-electron chi connectivity index (χ0n) is 49.6. The summed E-state index contributed by atoms with van der Waals surface area (Å²) in [5, 5.41) is 23.2. The highest BCUT2D eigenvalue weighted by Gasteiger charge is 2.20. The van der Waals surface area contributed by atoms with Crippen molar-refractivity contribution in [2.45, 2.75) is 392 Å². The predicted octanol–water partition coefficient (Wildman–Crippen LogP) is 21.2. The standard InChI is InChI=1S/C67H131NO5/c1-3-5-7-9-11-13-15-37-41-45-49-53-57-61-67(72)73-62-58-54-50-46-42-39-36-34-32-30-28-26-24-22-20-18-16-17-19-21-23-25-27-29-31-33-35-38-40-44-48-52-56-60-66(71)68-64(63-69)65(70)59-55-51-47-43-14-12-10-8-6-4-2/h13,15,64-65,69-70H,3-12,14,16-63H2,1-2H3,(H,68,71)/b15-13-. The van der Waals surface area contributed by atoms with E-state index in [4.69, 9.17) is 4.74 Å². The van der Waals surface area contributed by atoms with E-state index in [2.05, 4.69) is 31.3 Å². The highest BCUT2D eigenvalue weighted by atomic mass is 16.5. The molecule has 6 heteroatoms. The second-order valence-corrected chi connectivity index (χ2v) is 23.2. The van der Waals surface area contributed by atoms with Gasteiger partial charge in [-0.05, 0) is 51.4 Å². The largest absolute Gasteiger partial charge is 0.466 e. The van der Waals surface area contributed by atoms with Crippen molar-refractivity contribution in [3.05, 3.63) is 12.2 Å². The van der Waals surface area contributed by atoms with Gasteiger partial charge in [0.2, 0.25) is 5.91 Å². The first-order valence-electron chi connectivity index (χ1n) is 33.4. The smallest absolute Gasteiger partial charge is 0.305 e. The summed E-state index contributed by atoms with van der Waals surface area (Å²) in [6.45, 7) is 4.95. The Labute approximate surface area is 457 Å². The van der Waals surface area contributed by atoms with Crippen LogP contribution in [0.5, 0.6) is 0 Å². The third kappa shape index (κ3) is 59.7. The van der Waals surface area contributed by atoms with Crippen LogP contribution in [0.2, 0.25) is 0 Å². The molecule has 3 N–H and O–H groups in total. The van der Waals surface area contributed by atoms with Crippen LogP contribution >= 0.6 is 0 Å². The Bertz CT molecular complexity index is 1100. The van der Waals surface area contributed by atoms with Crippen LogP contribution in [0.4, 0.5) is 0 Å². The number of hydrogen-bond acceptors (Lipinski definition) is 5. The maximum absolute atomic E-state index is 12.4. The first-order valence-corrected chi connectivity index (χ1v) is 33.4. The van der Waals surface area contributed by atoms with E-state index >= 15 is 0 Å². The summed E-state index contributed by atoms with van der Waals surface area (Å²) in [5.41, 5.74) is 0. The monoisotopic (exact) mass is 1030 g/mol. The van der Waals surface area contributed by atoms with Crippen LogP contribution in [0.3, 0.4) is 0 Å². The van der Waals surface area contributed by atoms with Crippen LogP contribution in [0.1, 0.15) is 380 Å². The molecule has 0 bridgehead atoms. The van der Waals surface area contributed by atoms with Gasteiger partial charge in [0.15, 0.2) is 0 Å². The van der Waals surface area contributed by atoms with Crippen molar-refractivity contribution in [3.8, 4) is 0 Å². The molecule has 73 heavy (non-hydrogen) atoms. The number of unbranched alkanes of at least 4 members (excludes halogenated alkanes) is 50. The lowest BCUT2D eigenvalue weighted by Gasteiger charge is -2.22. The molecule has 0 heterocycles. The van der Waals surface area contributed by atoms with Crippen molar-refractivity contribution in [2.75, 3.05) is 13.2 Å². The SMILES string of the molecule is CCCCCC/C=C\CCCCCCCC(=O)OCCCCCCCCCCCCCCCCCCCCCCCCCCCCCCCCCCCC(=O)NC(CO)C(O)CCCCCCCCCCCC. The Morgan fingerprint density at radius 2 is 0.644 bits per heavy atom. The fourth-order valence-electron chi connectivity index (χ4n) is 10.7. The van der Waals surface area contributed by atoms with Gasteiger partial charge in [-0.15, -0.1) is 0 Å². The second kappa shape index (κ2) is 63.1. The number of hydrogen-bond donors (Lipinski definition) is 3. The number of aliphatic hydroxyl groups excluding tert-OH is 2. The Hall–Kier alpha value is -1.40. The first kappa shape index (κ1) is 71.6.